The van der Waals surface area contributed by atoms with E-state index in [9.17, 15) is 0 Å². The van der Waals surface area contributed by atoms with Crippen LogP contribution in [0.5, 0.6) is 0 Å². The molecule has 0 spiro atoms. The predicted molar refractivity (Wildman–Crippen MR) is 71.4 cm³/mol. The van der Waals surface area contributed by atoms with Gasteiger partial charge in [-0.3, -0.25) is 9.80 Å². The lowest BCUT2D eigenvalue weighted by molar-refractivity contribution is -0.00513. The molecule has 2 bridgehead atoms. The minimum absolute atomic E-state index is 0.345. The predicted octanol–water partition coefficient (Wildman–Crippen LogP) is 0.0705. The Hall–Kier alpha value is -0.910. The van der Waals surface area contributed by atoms with Crippen molar-refractivity contribution in [1.82, 2.24) is 24.7 Å². The van der Waals surface area contributed by atoms with Crippen molar-refractivity contribution in [1.29, 1.82) is 0 Å². The zero-order valence-electron chi connectivity index (χ0n) is 11.3. The Morgan fingerprint density at radius 3 is 2.67 bits per heavy atom. The van der Waals surface area contributed by atoms with Gasteiger partial charge in [-0.2, -0.15) is 0 Å². The SMILES string of the molecule is CCNC(c1nccn1C)C1CN2CCN1CC2. The number of rotatable bonds is 4. The Kier molecular flexibility index (Phi) is 3.37. The smallest absolute Gasteiger partial charge is 0.127 e. The number of nitrogens with one attached hydrogen (secondary N) is 1. The molecule has 1 aromatic rings. The molecule has 2 unspecified atom stereocenters. The van der Waals surface area contributed by atoms with Crippen LogP contribution in [-0.4, -0.2) is 64.7 Å². The third-order valence-electron chi connectivity index (χ3n) is 4.27. The normalized spacial score (nSPS) is 32.7. The van der Waals surface area contributed by atoms with E-state index in [1.54, 1.807) is 0 Å². The van der Waals surface area contributed by atoms with Gasteiger partial charge in [0.05, 0.1) is 6.04 Å². The fourth-order valence-corrected chi connectivity index (χ4v) is 3.27. The molecule has 0 saturated carbocycles. The molecule has 4 rings (SSSR count). The first-order valence-electron chi connectivity index (χ1n) is 6.96. The fraction of sp³-hybridized carbons (Fsp3) is 0.769. The molecule has 2 atom stereocenters. The van der Waals surface area contributed by atoms with Crippen molar-refractivity contribution in [2.45, 2.75) is 19.0 Å². The van der Waals surface area contributed by atoms with Crippen LogP contribution in [0.4, 0.5) is 0 Å². The summed E-state index contributed by atoms with van der Waals surface area (Å²) < 4.78 is 2.14. The molecule has 0 radical (unpaired) electrons. The first-order chi connectivity index (χ1) is 8.79. The van der Waals surface area contributed by atoms with Gasteiger partial charge in [0.1, 0.15) is 5.82 Å². The molecule has 0 aliphatic carbocycles. The first kappa shape index (κ1) is 12.1. The van der Waals surface area contributed by atoms with Gasteiger partial charge in [0, 0.05) is 58.2 Å². The highest BCUT2D eigenvalue weighted by Gasteiger charge is 2.38. The topological polar surface area (TPSA) is 36.3 Å². The monoisotopic (exact) mass is 249 g/mol. The van der Waals surface area contributed by atoms with Crippen LogP contribution in [0.1, 0.15) is 18.8 Å². The van der Waals surface area contributed by atoms with Gasteiger partial charge in [0.15, 0.2) is 0 Å². The molecule has 3 aliphatic heterocycles. The number of piperazine rings is 3. The van der Waals surface area contributed by atoms with E-state index in [1.165, 1.54) is 32.7 Å². The van der Waals surface area contributed by atoms with Gasteiger partial charge < -0.3 is 9.88 Å². The van der Waals surface area contributed by atoms with Gasteiger partial charge in [-0.15, -0.1) is 0 Å². The lowest BCUT2D eigenvalue weighted by atomic mass is 9.99. The van der Waals surface area contributed by atoms with E-state index in [1.807, 2.05) is 12.4 Å². The van der Waals surface area contributed by atoms with E-state index in [-0.39, 0.29) is 0 Å². The van der Waals surface area contributed by atoms with Crippen LogP contribution in [0, 0.1) is 0 Å². The van der Waals surface area contributed by atoms with Gasteiger partial charge in [0.2, 0.25) is 0 Å². The maximum Gasteiger partial charge on any atom is 0.127 e. The Balaban J connectivity index is 1.84. The highest BCUT2D eigenvalue weighted by atomic mass is 15.4. The fourth-order valence-electron chi connectivity index (χ4n) is 3.27. The van der Waals surface area contributed by atoms with Crippen LogP contribution in [0.2, 0.25) is 0 Å². The molecule has 3 aliphatic rings. The van der Waals surface area contributed by atoms with Gasteiger partial charge in [-0.1, -0.05) is 6.92 Å². The van der Waals surface area contributed by atoms with Crippen molar-refractivity contribution in [3.63, 3.8) is 0 Å². The highest BCUT2D eigenvalue weighted by molar-refractivity contribution is 5.06. The van der Waals surface area contributed by atoms with Crippen molar-refractivity contribution in [2.75, 3.05) is 39.3 Å². The third-order valence-corrected chi connectivity index (χ3v) is 4.27. The van der Waals surface area contributed by atoms with Crippen LogP contribution in [0.3, 0.4) is 0 Å². The Morgan fingerprint density at radius 2 is 2.17 bits per heavy atom. The van der Waals surface area contributed by atoms with Crippen molar-refractivity contribution in [2.24, 2.45) is 7.05 Å². The van der Waals surface area contributed by atoms with E-state index in [0.717, 1.165) is 12.4 Å². The van der Waals surface area contributed by atoms with Crippen LogP contribution >= 0.6 is 0 Å². The number of aromatic nitrogens is 2. The number of aryl methyl sites for hydroxylation is 1. The summed E-state index contributed by atoms with van der Waals surface area (Å²) in [5.41, 5.74) is 0. The van der Waals surface area contributed by atoms with E-state index >= 15 is 0 Å². The molecule has 0 amide bonds. The molecule has 18 heavy (non-hydrogen) atoms. The number of hydrogen-bond acceptors (Lipinski definition) is 4. The molecule has 0 aromatic carbocycles. The number of likely N-dealkylation sites (N-methyl/N-ethyl adjacent to an activating group) is 1. The number of fused-ring (bicyclic) bond motifs is 3. The summed E-state index contributed by atoms with van der Waals surface area (Å²) in [6, 6.07) is 0.909. The Bertz CT molecular complexity index is 394. The molecule has 5 heteroatoms. The van der Waals surface area contributed by atoms with Crippen molar-refractivity contribution < 1.29 is 0 Å². The van der Waals surface area contributed by atoms with Crippen LogP contribution in [0.15, 0.2) is 12.4 Å². The third kappa shape index (κ3) is 2.06. The largest absolute Gasteiger partial charge is 0.337 e. The lowest BCUT2D eigenvalue weighted by Gasteiger charge is -2.50. The number of imidazole rings is 1. The average molecular weight is 249 g/mol. The molecule has 1 N–H and O–H groups in total. The molecule has 4 heterocycles. The summed E-state index contributed by atoms with van der Waals surface area (Å²) >= 11 is 0. The van der Waals surface area contributed by atoms with Crippen molar-refractivity contribution in [3.8, 4) is 0 Å². The quantitative estimate of drug-likeness (QED) is 0.819. The zero-order valence-corrected chi connectivity index (χ0v) is 11.3. The summed E-state index contributed by atoms with van der Waals surface area (Å²) in [6.07, 6.45) is 3.94. The standard InChI is InChI=1S/C13H23N5/c1-3-14-12(13-15-4-5-16(13)2)11-10-17-6-8-18(11)9-7-17/h4-5,11-12,14H,3,6-10H2,1-2H3. The van der Waals surface area contributed by atoms with E-state index in [4.69, 9.17) is 0 Å². The van der Waals surface area contributed by atoms with E-state index < -0.39 is 0 Å². The molecule has 3 fully saturated rings. The van der Waals surface area contributed by atoms with Gasteiger partial charge in [-0.05, 0) is 6.54 Å². The second kappa shape index (κ2) is 4.99. The van der Waals surface area contributed by atoms with Gasteiger partial charge in [0.25, 0.3) is 0 Å². The number of nitrogens with zero attached hydrogens (tertiary/aromatic N) is 4. The Labute approximate surface area is 109 Å². The molecule has 1 aromatic heterocycles. The summed E-state index contributed by atoms with van der Waals surface area (Å²) in [7, 11) is 2.09. The lowest BCUT2D eigenvalue weighted by Crippen LogP contribution is -2.64. The van der Waals surface area contributed by atoms with Gasteiger partial charge >= 0.3 is 0 Å². The second-order valence-corrected chi connectivity index (χ2v) is 5.34. The zero-order chi connectivity index (χ0) is 12.5. The Morgan fingerprint density at radius 1 is 1.39 bits per heavy atom. The molecular weight excluding hydrogens is 226 g/mol. The average Bonchev–Trinajstić information content (AvgIpc) is 2.83. The molecule has 3 saturated heterocycles. The first-order valence-corrected chi connectivity index (χ1v) is 6.96. The number of hydrogen-bond donors (Lipinski definition) is 1. The van der Waals surface area contributed by atoms with Crippen LogP contribution in [-0.2, 0) is 7.05 Å². The maximum atomic E-state index is 4.55. The van der Waals surface area contributed by atoms with Crippen molar-refractivity contribution >= 4 is 0 Å². The minimum atomic E-state index is 0.345. The second-order valence-electron chi connectivity index (χ2n) is 5.34. The summed E-state index contributed by atoms with van der Waals surface area (Å²) in [5, 5.41) is 3.63. The van der Waals surface area contributed by atoms with Crippen LogP contribution < -0.4 is 5.32 Å². The summed E-state index contributed by atoms with van der Waals surface area (Å²) in [4.78, 5) is 9.76. The van der Waals surface area contributed by atoms with Crippen molar-refractivity contribution in [3.05, 3.63) is 18.2 Å². The van der Waals surface area contributed by atoms with E-state index in [0.29, 0.717) is 12.1 Å². The van der Waals surface area contributed by atoms with E-state index in [2.05, 4.69) is 38.6 Å². The molecule has 100 valence electrons. The van der Waals surface area contributed by atoms with Gasteiger partial charge in [-0.25, -0.2) is 4.98 Å². The molecular formula is C13H23N5. The minimum Gasteiger partial charge on any atom is -0.337 e. The maximum absolute atomic E-state index is 4.55. The highest BCUT2D eigenvalue weighted by Crippen LogP contribution is 2.26. The van der Waals surface area contributed by atoms with Crippen LogP contribution in [0.25, 0.3) is 0 Å². The summed E-state index contributed by atoms with van der Waals surface area (Å²) in [6.45, 7) is 9.21. The molecule has 5 nitrogen and oxygen atoms in total. The summed E-state index contributed by atoms with van der Waals surface area (Å²) in [5.74, 6) is 1.16.